The maximum Gasteiger partial charge on any atom is 0.272 e. The van der Waals surface area contributed by atoms with E-state index in [4.69, 9.17) is 0 Å². The van der Waals surface area contributed by atoms with Crippen molar-refractivity contribution in [2.24, 2.45) is 11.0 Å². The molecule has 7 nitrogen and oxygen atoms in total. The maximum absolute atomic E-state index is 13.5. The molecule has 0 spiro atoms. The van der Waals surface area contributed by atoms with Crippen LogP contribution in [0.3, 0.4) is 0 Å². The average molecular weight is 503 g/mol. The van der Waals surface area contributed by atoms with E-state index in [0.717, 1.165) is 14.9 Å². The molecule has 0 saturated carbocycles. The number of nitrogens with zero attached hydrogens (tertiary/aromatic N) is 3. The summed E-state index contributed by atoms with van der Waals surface area (Å²) in [5.41, 5.74) is 2.73. The molecule has 0 bridgehead atoms. The Bertz CT molecular complexity index is 1270. The van der Waals surface area contributed by atoms with E-state index in [1.54, 1.807) is 48.5 Å². The Morgan fingerprint density at radius 1 is 0.879 bits per heavy atom. The number of aryl methyl sites for hydroxylation is 1. The molecule has 2 heterocycles. The van der Waals surface area contributed by atoms with E-state index in [9.17, 15) is 14.4 Å². The number of hydrogen-bond donors (Lipinski definition) is 1. The third-order valence-electron chi connectivity index (χ3n) is 5.70. The molecule has 2 aliphatic heterocycles. The van der Waals surface area contributed by atoms with E-state index in [0.29, 0.717) is 17.1 Å². The van der Waals surface area contributed by atoms with Crippen molar-refractivity contribution in [2.45, 2.75) is 13.0 Å². The number of anilines is 3. The predicted octanol–water partition coefficient (Wildman–Crippen LogP) is 4.13. The first-order valence-electron chi connectivity index (χ1n) is 10.4. The lowest BCUT2D eigenvalue weighted by atomic mass is 9.97. The summed E-state index contributed by atoms with van der Waals surface area (Å²) in [6, 6.07) is 22.4. The Labute approximate surface area is 198 Å². The number of hydrogen-bond acceptors (Lipinski definition) is 5. The number of rotatable bonds is 4. The maximum atomic E-state index is 13.5. The van der Waals surface area contributed by atoms with Gasteiger partial charge in [-0.25, -0.2) is 4.90 Å². The standard InChI is InChI=1S/C25H19BrN4O3/c1-15-7-11-19(12-8-15)30-22-20(21(28-30)23(31)27-17-5-3-2-4-6-17)24(32)29(25(22)33)18-13-9-16(26)10-14-18/h2-14,20,22H,1H3,(H,27,31)/t20-,22+/m1/s1. The Kier molecular flexibility index (Phi) is 5.30. The van der Waals surface area contributed by atoms with Gasteiger partial charge in [-0.2, -0.15) is 5.10 Å². The quantitative estimate of drug-likeness (QED) is 0.543. The molecule has 0 unspecified atom stereocenters. The first kappa shape index (κ1) is 21.1. The van der Waals surface area contributed by atoms with Gasteiger partial charge in [-0.05, 0) is 55.5 Å². The zero-order chi connectivity index (χ0) is 23.1. The molecular weight excluding hydrogens is 484 g/mol. The van der Waals surface area contributed by atoms with Crippen LogP contribution in [0.1, 0.15) is 5.56 Å². The largest absolute Gasteiger partial charge is 0.321 e. The van der Waals surface area contributed by atoms with Gasteiger partial charge < -0.3 is 5.32 Å². The van der Waals surface area contributed by atoms with Crippen molar-refractivity contribution in [3.05, 3.63) is 88.9 Å². The van der Waals surface area contributed by atoms with Gasteiger partial charge >= 0.3 is 0 Å². The molecule has 0 aromatic heterocycles. The second kappa shape index (κ2) is 8.29. The first-order valence-corrected chi connectivity index (χ1v) is 11.2. The molecule has 1 fully saturated rings. The molecule has 2 atom stereocenters. The Balaban J connectivity index is 1.55. The fourth-order valence-electron chi connectivity index (χ4n) is 4.07. The molecular formula is C25H19BrN4O3. The Hall–Kier alpha value is -3.78. The molecule has 5 rings (SSSR count). The van der Waals surface area contributed by atoms with Crippen molar-refractivity contribution in [1.82, 2.24) is 0 Å². The lowest BCUT2D eigenvalue weighted by Crippen LogP contribution is -2.39. The van der Waals surface area contributed by atoms with Crippen LogP contribution >= 0.6 is 15.9 Å². The average Bonchev–Trinajstić information content (AvgIpc) is 3.33. The second-order valence-corrected chi connectivity index (χ2v) is 8.81. The minimum atomic E-state index is -1.01. The fourth-order valence-corrected chi connectivity index (χ4v) is 4.34. The highest BCUT2D eigenvalue weighted by molar-refractivity contribution is 9.10. The van der Waals surface area contributed by atoms with Crippen LogP contribution in [0.2, 0.25) is 0 Å². The summed E-state index contributed by atoms with van der Waals surface area (Å²) in [6.45, 7) is 1.96. The van der Waals surface area contributed by atoms with E-state index >= 15 is 0 Å². The topological polar surface area (TPSA) is 82.1 Å². The molecule has 164 valence electrons. The lowest BCUT2D eigenvalue weighted by molar-refractivity contribution is -0.122. The third kappa shape index (κ3) is 3.72. The summed E-state index contributed by atoms with van der Waals surface area (Å²) in [6.07, 6.45) is 0. The number of halogens is 1. The molecule has 8 heteroatoms. The third-order valence-corrected chi connectivity index (χ3v) is 6.23. The van der Waals surface area contributed by atoms with Crippen molar-refractivity contribution >= 4 is 56.4 Å². The minimum absolute atomic E-state index is 0.0161. The van der Waals surface area contributed by atoms with Crippen molar-refractivity contribution < 1.29 is 14.4 Å². The van der Waals surface area contributed by atoms with Crippen molar-refractivity contribution in [3.8, 4) is 0 Å². The van der Waals surface area contributed by atoms with Gasteiger partial charge in [-0.15, -0.1) is 0 Å². The van der Waals surface area contributed by atoms with E-state index < -0.39 is 29.7 Å². The van der Waals surface area contributed by atoms with Crippen LogP contribution in [0.4, 0.5) is 17.1 Å². The summed E-state index contributed by atoms with van der Waals surface area (Å²) in [4.78, 5) is 41.3. The number of benzene rings is 3. The van der Waals surface area contributed by atoms with Gasteiger partial charge in [0.05, 0.1) is 11.4 Å². The monoisotopic (exact) mass is 502 g/mol. The van der Waals surface area contributed by atoms with Crippen LogP contribution in [-0.2, 0) is 14.4 Å². The molecule has 3 aromatic rings. The van der Waals surface area contributed by atoms with Crippen LogP contribution in [-0.4, -0.2) is 29.5 Å². The molecule has 3 aromatic carbocycles. The van der Waals surface area contributed by atoms with Crippen LogP contribution < -0.4 is 15.2 Å². The van der Waals surface area contributed by atoms with Gasteiger partial charge in [0.15, 0.2) is 0 Å². The number of amides is 3. The number of para-hydroxylation sites is 1. The smallest absolute Gasteiger partial charge is 0.272 e. The van der Waals surface area contributed by atoms with Gasteiger partial charge in [0.2, 0.25) is 5.91 Å². The molecule has 1 N–H and O–H groups in total. The predicted molar refractivity (Wildman–Crippen MR) is 130 cm³/mol. The SMILES string of the molecule is Cc1ccc(N2N=C(C(=O)Nc3ccccc3)[C@H]3C(=O)N(c4ccc(Br)cc4)C(=O)[C@H]32)cc1. The number of nitrogens with one attached hydrogen (secondary N) is 1. The van der Waals surface area contributed by atoms with Gasteiger partial charge in [-0.3, -0.25) is 19.4 Å². The summed E-state index contributed by atoms with van der Waals surface area (Å²) in [7, 11) is 0. The zero-order valence-corrected chi connectivity index (χ0v) is 19.2. The summed E-state index contributed by atoms with van der Waals surface area (Å²) < 4.78 is 0.830. The number of imide groups is 1. The minimum Gasteiger partial charge on any atom is -0.321 e. The lowest BCUT2D eigenvalue weighted by Gasteiger charge is -2.22. The number of fused-ring (bicyclic) bond motifs is 1. The van der Waals surface area contributed by atoms with Gasteiger partial charge in [0.1, 0.15) is 17.7 Å². The van der Waals surface area contributed by atoms with Gasteiger partial charge in [0, 0.05) is 10.2 Å². The van der Waals surface area contributed by atoms with E-state index in [2.05, 4.69) is 26.3 Å². The zero-order valence-electron chi connectivity index (χ0n) is 17.6. The van der Waals surface area contributed by atoms with Crippen LogP contribution in [0.15, 0.2) is 88.4 Å². The van der Waals surface area contributed by atoms with Gasteiger partial charge in [0.25, 0.3) is 11.8 Å². The summed E-state index contributed by atoms with van der Waals surface area (Å²) in [5, 5.41) is 8.75. The van der Waals surface area contributed by atoms with E-state index in [1.807, 2.05) is 37.3 Å². The fraction of sp³-hybridized carbons (Fsp3) is 0.120. The summed E-state index contributed by atoms with van der Waals surface area (Å²) >= 11 is 3.37. The van der Waals surface area contributed by atoms with Crippen molar-refractivity contribution in [2.75, 3.05) is 15.2 Å². The first-order chi connectivity index (χ1) is 15.9. The molecule has 2 aliphatic rings. The van der Waals surface area contributed by atoms with E-state index in [1.165, 1.54) is 5.01 Å². The number of hydrazone groups is 1. The number of carbonyl (C=O) groups is 3. The summed E-state index contributed by atoms with van der Waals surface area (Å²) in [5.74, 6) is -2.40. The highest BCUT2D eigenvalue weighted by atomic mass is 79.9. The molecule has 3 amide bonds. The van der Waals surface area contributed by atoms with Crippen LogP contribution in [0.5, 0.6) is 0 Å². The molecule has 0 aliphatic carbocycles. The molecule has 33 heavy (non-hydrogen) atoms. The molecule has 1 saturated heterocycles. The van der Waals surface area contributed by atoms with Gasteiger partial charge in [-0.1, -0.05) is 51.8 Å². The second-order valence-electron chi connectivity index (χ2n) is 7.90. The Morgan fingerprint density at radius 2 is 1.52 bits per heavy atom. The van der Waals surface area contributed by atoms with E-state index in [-0.39, 0.29) is 5.71 Å². The highest BCUT2D eigenvalue weighted by Gasteiger charge is 2.58. The number of carbonyl (C=O) groups excluding carboxylic acids is 3. The Morgan fingerprint density at radius 3 is 2.18 bits per heavy atom. The highest BCUT2D eigenvalue weighted by Crippen LogP contribution is 2.38. The normalized spacial score (nSPS) is 19.5. The van der Waals surface area contributed by atoms with Crippen molar-refractivity contribution in [3.63, 3.8) is 0 Å². The van der Waals surface area contributed by atoms with Crippen LogP contribution in [0, 0.1) is 12.8 Å². The molecule has 0 radical (unpaired) electrons. The van der Waals surface area contributed by atoms with Crippen molar-refractivity contribution in [1.29, 1.82) is 0 Å². The van der Waals surface area contributed by atoms with Crippen LogP contribution in [0.25, 0.3) is 0 Å².